The average Bonchev–Trinajstić information content (AvgIpc) is 2.56. The van der Waals surface area contributed by atoms with Crippen LogP contribution in [0.4, 0.5) is 10.3 Å². The summed E-state index contributed by atoms with van der Waals surface area (Å²) in [6, 6.07) is 2.54. The Balaban J connectivity index is 2.58. The largest absolute Gasteiger partial charge is 0.468 e. The standard InChI is InChI=1S/C10H9ClFN3O2/c1-17-9(16)4-15-8-2-5(11)6(12)3-7(8)14-10(15)13/h2-3H,4H2,1H3,(H2,13,14). The lowest BCUT2D eigenvalue weighted by Crippen LogP contribution is -2.13. The monoisotopic (exact) mass is 257 g/mol. The number of nitrogen functional groups attached to an aromatic ring is 1. The molecule has 0 fully saturated rings. The Kier molecular flexibility index (Phi) is 2.89. The minimum absolute atomic E-state index is 0.0523. The molecule has 1 aromatic carbocycles. The highest BCUT2D eigenvalue weighted by molar-refractivity contribution is 6.31. The molecule has 0 saturated heterocycles. The molecule has 0 amide bonds. The van der Waals surface area contributed by atoms with Gasteiger partial charge in [-0.05, 0) is 6.07 Å². The number of imidazole rings is 1. The van der Waals surface area contributed by atoms with Crippen molar-refractivity contribution in [1.29, 1.82) is 0 Å². The van der Waals surface area contributed by atoms with Gasteiger partial charge in [0.25, 0.3) is 0 Å². The first-order valence-electron chi connectivity index (χ1n) is 4.70. The summed E-state index contributed by atoms with van der Waals surface area (Å²) in [5.74, 6) is -0.953. The summed E-state index contributed by atoms with van der Waals surface area (Å²) in [5, 5.41) is -0.0523. The van der Waals surface area contributed by atoms with Gasteiger partial charge in [0, 0.05) is 6.07 Å². The lowest BCUT2D eigenvalue weighted by molar-refractivity contribution is -0.141. The van der Waals surface area contributed by atoms with E-state index in [2.05, 4.69) is 9.72 Å². The van der Waals surface area contributed by atoms with Crippen LogP contribution in [0.3, 0.4) is 0 Å². The zero-order valence-electron chi connectivity index (χ0n) is 8.91. The molecule has 90 valence electrons. The lowest BCUT2D eigenvalue weighted by atomic mass is 10.3. The molecular weight excluding hydrogens is 249 g/mol. The van der Waals surface area contributed by atoms with E-state index in [-0.39, 0.29) is 17.5 Å². The number of nitrogens with two attached hydrogens (primary N) is 1. The second kappa shape index (κ2) is 4.21. The quantitative estimate of drug-likeness (QED) is 0.830. The van der Waals surface area contributed by atoms with Crippen LogP contribution >= 0.6 is 11.6 Å². The highest BCUT2D eigenvalue weighted by Gasteiger charge is 2.14. The number of benzene rings is 1. The molecule has 0 saturated carbocycles. The number of halogens is 2. The summed E-state index contributed by atoms with van der Waals surface area (Å²) in [4.78, 5) is 15.1. The van der Waals surface area contributed by atoms with Gasteiger partial charge in [0.2, 0.25) is 5.95 Å². The molecule has 0 aliphatic rings. The maximum absolute atomic E-state index is 13.2. The molecule has 0 bridgehead atoms. The van der Waals surface area contributed by atoms with Gasteiger partial charge in [0.05, 0.1) is 23.2 Å². The maximum atomic E-state index is 13.2. The van der Waals surface area contributed by atoms with Crippen LogP contribution < -0.4 is 5.73 Å². The number of hydrogen-bond donors (Lipinski definition) is 1. The number of fused-ring (bicyclic) bond motifs is 1. The number of nitrogens with zero attached hydrogens (tertiary/aromatic N) is 2. The second-order valence-electron chi connectivity index (χ2n) is 3.39. The van der Waals surface area contributed by atoms with Crippen molar-refractivity contribution in [3.63, 3.8) is 0 Å². The molecule has 17 heavy (non-hydrogen) atoms. The third kappa shape index (κ3) is 2.03. The number of carbonyl (C=O) groups is 1. The topological polar surface area (TPSA) is 70.1 Å². The fourth-order valence-electron chi connectivity index (χ4n) is 1.50. The van der Waals surface area contributed by atoms with E-state index in [1.807, 2.05) is 0 Å². The molecule has 5 nitrogen and oxygen atoms in total. The first-order valence-corrected chi connectivity index (χ1v) is 5.08. The van der Waals surface area contributed by atoms with Gasteiger partial charge in [-0.15, -0.1) is 0 Å². The lowest BCUT2D eigenvalue weighted by Gasteiger charge is -2.04. The van der Waals surface area contributed by atoms with Crippen molar-refractivity contribution in [3.8, 4) is 0 Å². The molecule has 2 aromatic rings. The van der Waals surface area contributed by atoms with E-state index >= 15 is 0 Å². The molecule has 7 heteroatoms. The first kappa shape index (κ1) is 11.7. The molecular formula is C10H9ClFN3O2. The minimum atomic E-state index is -0.582. The van der Waals surface area contributed by atoms with Crippen LogP contribution in [0, 0.1) is 5.82 Å². The minimum Gasteiger partial charge on any atom is -0.468 e. The Bertz CT molecular complexity index is 597. The SMILES string of the molecule is COC(=O)Cn1c(N)nc2cc(F)c(Cl)cc21. The Morgan fingerprint density at radius 3 is 3.00 bits per heavy atom. The fraction of sp³-hybridized carbons (Fsp3) is 0.200. The van der Waals surface area contributed by atoms with Gasteiger partial charge in [-0.3, -0.25) is 9.36 Å². The summed E-state index contributed by atoms with van der Waals surface area (Å²) >= 11 is 5.67. The maximum Gasteiger partial charge on any atom is 0.325 e. The Hall–Kier alpha value is -1.82. The summed E-state index contributed by atoms with van der Waals surface area (Å²) in [5.41, 5.74) is 6.46. The third-order valence-electron chi connectivity index (χ3n) is 2.33. The van der Waals surface area contributed by atoms with Gasteiger partial charge in [-0.2, -0.15) is 0 Å². The van der Waals surface area contributed by atoms with Crippen LogP contribution in [0.1, 0.15) is 0 Å². The smallest absolute Gasteiger partial charge is 0.325 e. The second-order valence-corrected chi connectivity index (χ2v) is 3.79. The molecule has 2 N–H and O–H groups in total. The fourth-order valence-corrected chi connectivity index (χ4v) is 1.66. The van der Waals surface area contributed by atoms with Gasteiger partial charge in [0.1, 0.15) is 12.4 Å². The van der Waals surface area contributed by atoms with Crippen LogP contribution in [0.5, 0.6) is 0 Å². The van der Waals surface area contributed by atoms with Crippen molar-refractivity contribution >= 4 is 34.6 Å². The Morgan fingerprint density at radius 2 is 2.35 bits per heavy atom. The van der Waals surface area contributed by atoms with Gasteiger partial charge in [-0.1, -0.05) is 11.6 Å². The number of rotatable bonds is 2. The number of anilines is 1. The highest BCUT2D eigenvalue weighted by Crippen LogP contribution is 2.24. The number of carbonyl (C=O) groups excluding carboxylic acids is 1. The molecule has 1 aromatic heterocycles. The number of hydrogen-bond acceptors (Lipinski definition) is 4. The summed E-state index contributed by atoms with van der Waals surface area (Å²) < 4.78 is 19.1. The van der Waals surface area contributed by atoms with Crippen molar-refractivity contribution < 1.29 is 13.9 Å². The molecule has 0 spiro atoms. The molecule has 0 radical (unpaired) electrons. The van der Waals surface area contributed by atoms with Crippen molar-refractivity contribution in [2.45, 2.75) is 6.54 Å². The van der Waals surface area contributed by atoms with Crippen LogP contribution in [0.25, 0.3) is 11.0 Å². The van der Waals surface area contributed by atoms with E-state index in [1.54, 1.807) is 0 Å². The van der Waals surface area contributed by atoms with Gasteiger partial charge in [0.15, 0.2) is 0 Å². The Labute approximate surface area is 101 Å². The van der Waals surface area contributed by atoms with Crippen molar-refractivity contribution in [3.05, 3.63) is 23.0 Å². The third-order valence-corrected chi connectivity index (χ3v) is 2.62. The van der Waals surface area contributed by atoms with E-state index in [4.69, 9.17) is 17.3 Å². The van der Waals surface area contributed by atoms with Crippen LogP contribution in [-0.2, 0) is 16.1 Å². The summed E-state index contributed by atoms with van der Waals surface area (Å²) in [6.07, 6.45) is 0. The predicted octanol–water partition coefficient (Wildman–Crippen LogP) is 1.58. The average molecular weight is 258 g/mol. The summed E-state index contributed by atoms with van der Waals surface area (Å²) in [6.45, 7) is -0.0964. The molecule has 0 unspecified atom stereocenters. The first-order chi connectivity index (χ1) is 8.02. The van der Waals surface area contributed by atoms with Gasteiger partial charge >= 0.3 is 5.97 Å². The van der Waals surface area contributed by atoms with Gasteiger partial charge < -0.3 is 10.5 Å². The van der Waals surface area contributed by atoms with E-state index in [0.29, 0.717) is 11.0 Å². The van der Waals surface area contributed by atoms with Crippen LogP contribution in [0.15, 0.2) is 12.1 Å². The van der Waals surface area contributed by atoms with E-state index in [1.165, 1.54) is 23.8 Å². The number of aromatic nitrogens is 2. The highest BCUT2D eigenvalue weighted by atomic mass is 35.5. The van der Waals surface area contributed by atoms with E-state index in [0.717, 1.165) is 0 Å². The van der Waals surface area contributed by atoms with Crippen molar-refractivity contribution in [2.75, 3.05) is 12.8 Å². The summed E-state index contributed by atoms with van der Waals surface area (Å²) in [7, 11) is 1.27. The number of ether oxygens (including phenoxy) is 1. The number of esters is 1. The zero-order valence-corrected chi connectivity index (χ0v) is 9.66. The van der Waals surface area contributed by atoms with Crippen LogP contribution in [-0.4, -0.2) is 22.6 Å². The van der Waals surface area contributed by atoms with Crippen molar-refractivity contribution in [1.82, 2.24) is 9.55 Å². The molecule has 2 rings (SSSR count). The predicted molar refractivity (Wildman–Crippen MR) is 61.1 cm³/mol. The zero-order chi connectivity index (χ0) is 12.6. The molecule has 0 atom stereocenters. The normalized spacial score (nSPS) is 10.8. The van der Waals surface area contributed by atoms with Crippen LogP contribution in [0.2, 0.25) is 5.02 Å². The Morgan fingerprint density at radius 1 is 1.65 bits per heavy atom. The van der Waals surface area contributed by atoms with Gasteiger partial charge in [-0.25, -0.2) is 9.37 Å². The van der Waals surface area contributed by atoms with Crippen molar-refractivity contribution in [2.24, 2.45) is 0 Å². The molecule has 0 aliphatic carbocycles. The molecule has 0 aliphatic heterocycles. The molecule has 1 heterocycles. The number of methoxy groups -OCH3 is 1. The van der Waals surface area contributed by atoms with E-state index in [9.17, 15) is 9.18 Å². The van der Waals surface area contributed by atoms with E-state index < -0.39 is 11.8 Å².